The highest BCUT2D eigenvalue weighted by Crippen LogP contribution is 2.16. The van der Waals surface area contributed by atoms with Crippen LogP contribution in [0.2, 0.25) is 5.02 Å². The summed E-state index contributed by atoms with van der Waals surface area (Å²) in [6.07, 6.45) is 0.824. The maximum Gasteiger partial charge on any atom is 0.222 e. The van der Waals surface area contributed by atoms with Gasteiger partial charge in [-0.1, -0.05) is 17.7 Å². The second-order valence-electron chi connectivity index (χ2n) is 5.39. The molecule has 128 valence electrons. The lowest BCUT2D eigenvalue weighted by molar-refractivity contribution is -0.130. The molecule has 0 fully saturated rings. The highest BCUT2D eigenvalue weighted by Gasteiger charge is 2.12. The van der Waals surface area contributed by atoms with E-state index in [1.54, 1.807) is 31.3 Å². The molecular weight excluding hydrogens is 336 g/mol. The molecule has 0 aromatic heterocycles. The third-order valence-electron chi connectivity index (χ3n) is 3.47. The first kappa shape index (κ1) is 18.2. The lowest BCUT2D eigenvalue weighted by atomic mass is 10.2. The number of hydrogen-bond donors (Lipinski definition) is 0. The molecule has 0 saturated carbocycles. The van der Waals surface area contributed by atoms with Crippen LogP contribution >= 0.6 is 11.6 Å². The highest BCUT2D eigenvalue weighted by molar-refractivity contribution is 6.30. The molecule has 0 unspecified atom stereocenters. The third-order valence-corrected chi connectivity index (χ3v) is 3.72. The minimum Gasteiger partial charge on any atom is -0.494 e. The van der Waals surface area contributed by atoms with Crippen LogP contribution < -0.4 is 4.74 Å². The van der Waals surface area contributed by atoms with E-state index >= 15 is 0 Å². The average Bonchev–Trinajstić information content (AvgIpc) is 2.55. The molecule has 0 saturated heterocycles. The van der Waals surface area contributed by atoms with Crippen LogP contribution in [0.25, 0.3) is 0 Å². The van der Waals surface area contributed by atoms with Crippen molar-refractivity contribution in [1.29, 1.82) is 0 Å². The van der Waals surface area contributed by atoms with E-state index in [9.17, 15) is 13.6 Å². The topological polar surface area (TPSA) is 29.5 Å². The van der Waals surface area contributed by atoms with Crippen molar-refractivity contribution in [3.05, 3.63) is 64.7 Å². The summed E-state index contributed by atoms with van der Waals surface area (Å²) in [4.78, 5) is 13.5. The van der Waals surface area contributed by atoms with Crippen molar-refractivity contribution >= 4 is 17.5 Å². The molecule has 2 aromatic rings. The Bertz CT molecular complexity index is 692. The van der Waals surface area contributed by atoms with Crippen LogP contribution in [0, 0.1) is 11.6 Å². The van der Waals surface area contributed by atoms with Gasteiger partial charge in [0, 0.05) is 36.7 Å². The fourth-order valence-electron chi connectivity index (χ4n) is 2.13. The standard InChI is InChI=1S/C18H18ClF2NO2/c1-22(12-13-4-7-15(20)11-17(13)21)18(23)3-2-10-24-16-8-5-14(19)6-9-16/h4-9,11H,2-3,10,12H2,1H3. The number of nitrogens with zero attached hydrogens (tertiary/aromatic N) is 1. The minimum atomic E-state index is -0.652. The van der Waals surface area contributed by atoms with Crippen molar-refractivity contribution in [2.24, 2.45) is 0 Å². The zero-order valence-electron chi connectivity index (χ0n) is 13.3. The molecule has 0 atom stereocenters. The Hall–Kier alpha value is -2.14. The van der Waals surface area contributed by atoms with Crippen LogP contribution in [0.1, 0.15) is 18.4 Å². The normalized spacial score (nSPS) is 10.5. The van der Waals surface area contributed by atoms with E-state index in [1.165, 1.54) is 17.0 Å². The van der Waals surface area contributed by atoms with Gasteiger partial charge in [-0.2, -0.15) is 0 Å². The highest BCUT2D eigenvalue weighted by atomic mass is 35.5. The summed E-state index contributed by atoms with van der Waals surface area (Å²) < 4.78 is 32.0. The molecule has 0 N–H and O–H groups in total. The molecule has 6 heteroatoms. The first-order valence-corrected chi connectivity index (χ1v) is 7.90. The van der Waals surface area contributed by atoms with E-state index in [4.69, 9.17) is 16.3 Å². The fourth-order valence-corrected chi connectivity index (χ4v) is 2.25. The summed E-state index contributed by atoms with van der Waals surface area (Å²) in [5, 5.41) is 0.632. The number of rotatable bonds is 7. The predicted molar refractivity (Wildman–Crippen MR) is 89.0 cm³/mol. The van der Waals surface area contributed by atoms with Crippen LogP contribution in [0.4, 0.5) is 8.78 Å². The van der Waals surface area contributed by atoms with E-state index in [-0.39, 0.29) is 24.4 Å². The average molecular weight is 354 g/mol. The monoisotopic (exact) mass is 353 g/mol. The van der Waals surface area contributed by atoms with Crippen molar-refractivity contribution < 1.29 is 18.3 Å². The lowest BCUT2D eigenvalue weighted by Crippen LogP contribution is -2.26. The molecule has 0 aliphatic carbocycles. The van der Waals surface area contributed by atoms with Crippen molar-refractivity contribution in [3.63, 3.8) is 0 Å². The summed E-state index contributed by atoms with van der Waals surface area (Å²) in [7, 11) is 1.59. The second-order valence-corrected chi connectivity index (χ2v) is 5.83. The Morgan fingerprint density at radius 3 is 2.54 bits per heavy atom. The summed E-state index contributed by atoms with van der Waals surface area (Å²) in [5.74, 6) is -0.725. The molecule has 1 amide bonds. The van der Waals surface area contributed by atoms with Crippen molar-refractivity contribution in [2.45, 2.75) is 19.4 Å². The molecule has 2 aromatic carbocycles. The van der Waals surface area contributed by atoms with Gasteiger partial charge in [0.2, 0.25) is 5.91 Å². The number of hydrogen-bond acceptors (Lipinski definition) is 2. The van der Waals surface area contributed by atoms with Gasteiger partial charge in [-0.25, -0.2) is 8.78 Å². The number of halogens is 3. The molecule has 3 nitrogen and oxygen atoms in total. The van der Waals surface area contributed by atoms with Gasteiger partial charge >= 0.3 is 0 Å². The largest absolute Gasteiger partial charge is 0.494 e. The van der Waals surface area contributed by atoms with Gasteiger partial charge in [-0.05, 0) is 36.8 Å². The van der Waals surface area contributed by atoms with Crippen molar-refractivity contribution in [3.8, 4) is 5.75 Å². The predicted octanol–water partition coefficient (Wildman–Crippen LogP) is 4.44. The number of benzene rings is 2. The number of ether oxygens (including phenoxy) is 1. The number of carbonyl (C=O) groups is 1. The number of amides is 1. The summed E-state index contributed by atoms with van der Waals surface area (Å²) >= 11 is 5.78. The third kappa shape index (κ3) is 5.49. The van der Waals surface area contributed by atoms with E-state index in [2.05, 4.69) is 0 Å². The molecule has 0 bridgehead atoms. The van der Waals surface area contributed by atoms with Crippen molar-refractivity contribution in [2.75, 3.05) is 13.7 Å². The molecule has 0 heterocycles. The summed E-state index contributed by atoms with van der Waals surface area (Å²) in [6.45, 7) is 0.495. The van der Waals surface area contributed by atoms with E-state index in [0.717, 1.165) is 6.07 Å². The Labute approximate surface area is 144 Å². The van der Waals surface area contributed by atoms with Gasteiger partial charge < -0.3 is 9.64 Å². The minimum absolute atomic E-state index is 0.100. The zero-order valence-corrected chi connectivity index (χ0v) is 14.0. The van der Waals surface area contributed by atoms with Gasteiger partial charge in [-0.3, -0.25) is 4.79 Å². The van der Waals surface area contributed by atoms with E-state index in [0.29, 0.717) is 23.8 Å². The Morgan fingerprint density at radius 2 is 1.88 bits per heavy atom. The first-order chi connectivity index (χ1) is 11.5. The fraction of sp³-hybridized carbons (Fsp3) is 0.278. The SMILES string of the molecule is CN(Cc1ccc(F)cc1F)C(=O)CCCOc1ccc(Cl)cc1. The smallest absolute Gasteiger partial charge is 0.222 e. The van der Waals surface area contributed by atoms with Crippen LogP contribution in [-0.4, -0.2) is 24.5 Å². The summed E-state index contributed by atoms with van der Waals surface area (Å²) in [6, 6.07) is 10.3. The van der Waals surface area contributed by atoms with Crippen LogP contribution in [0.15, 0.2) is 42.5 Å². The zero-order chi connectivity index (χ0) is 17.5. The van der Waals surface area contributed by atoms with Gasteiger partial charge in [0.25, 0.3) is 0 Å². The lowest BCUT2D eigenvalue weighted by Gasteiger charge is -2.17. The van der Waals surface area contributed by atoms with Crippen molar-refractivity contribution in [1.82, 2.24) is 4.90 Å². The molecule has 0 aliphatic rings. The molecule has 0 spiro atoms. The van der Waals surface area contributed by atoms with Gasteiger partial charge in [0.05, 0.1) is 6.61 Å². The quantitative estimate of drug-likeness (QED) is 0.689. The Balaban J connectivity index is 1.74. The maximum absolute atomic E-state index is 13.6. The van der Waals surface area contributed by atoms with Gasteiger partial charge in [0.15, 0.2) is 0 Å². The maximum atomic E-state index is 13.6. The van der Waals surface area contributed by atoms with Gasteiger partial charge in [0.1, 0.15) is 17.4 Å². The molecule has 0 radical (unpaired) electrons. The van der Waals surface area contributed by atoms with E-state index in [1.807, 2.05) is 0 Å². The van der Waals surface area contributed by atoms with E-state index < -0.39 is 11.6 Å². The molecular formula is C18H18ClF2NO2. The second kappa shape index (κ2) is 8.64. The first-order valence-electron chi connectivity index (χ1n) is 7.52. The Morgan fingerprint density at radius 1 is 1.17 bits per heavy atom. The molecule has 24 heavy (non-hydrogen) atoms. The number of carbonyl (C=O) groups excluding carboxylic acids is 1. The molecule has 2 rings (SSSR count). The Kier molecular flexibility index (Phi) is 6.55. The van der Waals surface area contributed by atoms with Crippen LogP contribution in [0.5, 0.6) is 5.75 Å². The van der Waals surface area contributed by atoms with Crippen LogP contribution in [-0.2, 0) is 11.3 Å². The van der Waals surface area contributed by atoms with Gasteiger partial charge in [-0.15, -0.1) is 0 Å². The summed E-state index contributed by atoms with van der Waals surface area (Å²) in [5.41, 5.74) is 0.282. The van der Waals surface area contributed by atoms with Crippen LogP contribution in [0.3, 0.4) is 0 Å². The molecule has 0 aliphatic heterocycles.